The first kappa shape index (κ1) is 13.2. The third-order valence-electron chi connectivity index (χ3n) is 2.21. The van der Waals surface area contributed by atoms with E-state index < -0.39 is 5.69 Å². The number of nitrogens with zero attached hydrogens (tertiary/aromatic N) is 3. The second-order valence-corrected chi connectivity index (χ2v) is 4.08. The van der Waals surface area contributed by atoms with Gasteiger partial charge in [-0.2, -0.15) is 5.10 Å². The molecule has 1 N–H and O–H groups in total. The molecule has 0 atom stereocenters. The molecule has 1 rings (SSSR count). The van der Waals surface area contributed by atoms with E-state index in [-0.39, 0.29) is 5.56 Å². The van der Waals surface area contributed by atoms with Gasteiger partial charge in [-0.05, 0) is 12.8 Å². The Bertz CT molecular complexity index is 482. The van der Waals surface area contributed by atoms with Crippen molar-refractivity contribution in [2.45, 2.75) is 20.8 Å². The summed E-state index contributed by atoms with van der Waals surface area (Å²) in [5, 5.41) is 5.80. The van der Waals surface area contributed by atoms with E-state index in [2.05, 4.69) is 10.1 Å². The Hall–Kier alpha value is -1.85. The van der Waals surface area contributed by atoms with Crippen molar-refractivity contribution >= 4 is 12.0 Å². The average Bonchev–Trinajstić information content (AvgIpc) is 2.26. The second kappa shape index (κ2) is 5.47. The zero-order valence-corrected chi connectivity index (χ0v) is 10.6. The zero-order valence-electron chi connectivity index (χ0n) is 10.6. The molecule has 17 heavy (non-hydrogen) atoms. The SMILES string of the molecule is CCN(N=CC(C)C)c1cc(=O)n(C)c(=O)[nH]1. The Morgan fingerprint density at radius 1 is 1.53 bits per heavy atom. The highest BCUT2D eigenvalue weighted by Gasteiger charge is 2.06. The van der Waals surface area contributed by atoms with Crippen LogP contribution in [0.2, 0.25) is 0 Å². The standard InChI is InChI=1S/C11H18N4O2/c1-5-15(12-7-8(2)3)9-6-10(16)14(4)11(17)13-9/h6-8H,5H2,1-4H3,(H,13,17). The number of hydrogen-bond acceptors (Lipinski definition) is 4. The molecule has 0 saturated carbocycles. The number of aromatic amines is 1. The smallest absolute Gasteiger partial charge is 0.292 e. The van der Waals surface area contributed by atoms with Crippen LogP contribution in [0.1, 0.15) is 20.8 Å². The van der Waals surface area contributed by atoms with Gasteiger partial charge in [0.1, 0.15) is 5.82 Å². The second-order valence-electron chi connectivity index (χ2n) is 4.08. The van der Waals surface area contributed by atoms with E-state index in [0.717, 1.165) is 4.57 Å². The average molecular weight is 238 g/mol. The first-order chi connectivity index (χ1) is 7.95. The quantitative estimate of drug-likeness (QED) is 0.615. The fraction of sp³-hybridized carbons (Fsp3) is 0.545. The van der Waals surface area contributed by atoms with Crippen molar-refractivity contribution < 1.29 is 0 Å². The summed E-state index contributed by atoms with van der Waals surface area (Å²) in [4.78, 5) is 25.5. The lowest BCUT2D eigenvalue weighted by Gasteiger charge is -2.16. The Kier molecular flexibility index (Phi) is 4.25. The minimum atomic E-state index is -0.439. The fourth-order valence-electron chi connectivity index (χ4n) is 1.21. The molecule has 1 aromatic heterocycles. The normalized spacial score (nSPS) is 11.4. The number of nitrogens with one attached hydrogen (secondary N) is 1. The van der Waals surface area contributed by atoms with Crippen LogP contribution in [0.5, 0.6) is 0 Å². The van der Waals surface area contributed by atoms with Gasteiger partial charge in [0.05, 0.1) is 0 Å². The molecule has 0 aliphatic rings. The van der Waals surface area contributed by atoms with Crippen LogP contribution in [0.3, 0.4) is 0 Å². The van der Waals surface area contributed by atoms with E-state index in [1.807, 2.05) is 20.8 Å². The molecule has 0 saturated heterocycles. The van der Waals surface area contributed by atoms with Crippen molar-refractivity contribution in [2.75, 3.05) is 11.6 Å². The van der Waals surface area contributed by atoms with Crippen molar-refractivity contribution in [3.8, 4) is 0 Å². The Morgan fingerprint density at radius 3 is 2.65 bits per heavy atom. The molecule has 0 amide bonds. The highest BCUT2D eigenvalue weighted by atomic mass is 16.2. The summed E-state index contributed by atoms with van der Waals surface area (Å²) >= 11 is 0. The van der Waals surface area contributed by atoms with Crippen molar-refractivity contribution in [1.29, 1.82) is 0 Å². The largest absolute Gasteiger partial charge is 0.329 e. The zero-order chi connectivity index (χ0) is 13.0. The van der Waals surface area contributed by atoms with Crippen LogP contribution in [-0.4, -0.2) is 22.3 Å². The van der Waals surface area contributed by atoms with Gasteiger partial charge in [0, 0.05) is 25.9 Å². The lowest BCUT2D eigenvalue weighted by Crippen LogP contribution is -2.34. The van der Waals surface area contributed by atoms with Gasteiger partial charge in [-0.25, -0.2) is 9.80 Å². The molecule has 0 unspecified atom stereocenters. The van der Waals surface area contributed by atoms with Crippen molar-refractivity contribution in [2.24, 2.45) is 18.1 Å². The third kappa shape index (κ3) is 3.30. The van der Waals surface area contributed by atoms with Crippen molar-refractivity contribution in [3.05, 3.63) is 26.9 Å². The number of hydrazone groups is 1. The fourth-order valence-corrected chi connectivity index (χ4v) is 1.21. The number of aromatic nitrogens is 2. The maximum atomic E-state index is 11.5. The first-order valence-electron chi connectivity index (χ1n) is 5.57. The molecule has 1 heterocycles. The van der Waals surface area contributed by atoms with E-state index in [0.29, 0.717) is 18.3 Å². The topological polar surface area (TPSA) is 70.5 Å². The maximum Gasteiger partial charge on any atom is 0.329 e. The Labute approximate surface area is 99.6 Å². The van der Waals surface area contributed by atoms with Gasteiger partial charge in [-0.3, -0.25) is 14.3 Å². The number of anilines is 1. The highest BCUT2D eigenvalue weighted by molar-refractivity contribution is 5.61. The highest BCUT2D eigenvalue weighted by Crippen LogP contribution is 2.05. The van der Waals surface area contributed by atoms with E-state index in [1.165, 1.54) is 13.1 Å². The van der Waals surface area contributed by atoms with Gasteiger partial charge in [0.2, 0.25) is 0 Å². The van der Waals surface area contributed by atoms with Gasteiger partial charge in [0.25, 0.3) is 5.56 Å². The van der Waals surface area contributed by atoms with Gasteiger partial charge in [-0.15, -0.1) is 0 Å². The summed E-state index contributed by atoms with van der Waals surface area (Å²) in [6.07, 6.45) is 1.76. The molecule has 0 bridgehead atoms. The molecule has 0 fully saturated rings. The molecule has 0 aliphatic carbocycles. The van der Waals surface area contributed by atoms with E-state index in [9.17, 15) is 9.59 Å². The van der Waals surface area contributed by atoms with Crippen molar-refractivity contribution in [1.82, 2.24) is 9.55 Å². The van der Waals surface area contributed by atoms with Crippen LogP contribution in [0.15, 0.2) is 20.8 Å². The monoisotopic (exact) mass is 238 g/mol. The molecule has 0 aromatic carbocycles. The molecule has 0 radical (unpaired) electrons. The Balaban J connectivity index is 3.13. The first-order valence-corrected chi connectivity index (χ1v) is 5.57. The summed E-state index contributed by atoms with van der Waals surface area (Å²) in [6, 6.07) is 1.36. The number of hydrogen-bond donors (Lipinski definition) is 1. The van der Waals surface area contributed by atoms with Crippen LogP contribution in [-0.2, 0) is 7.05 Å². The van der Waals surface area contributed by atoms with E-state index >= 15 is 0 Å². The van der Waals surface area contributed by atoms with E-state index in [1.54, 1.807) is 11.2 Å². The van der Waals surface area contributed by atoms with Crippen LogP contribution < -0.4 is 16.3 Å². The predicted octanol–water partition coefficient (Wildman–Crippen LogP) is 0.542. The number of H-pyrrole nitrogens is 1. The predicted molar refractivity (Wildman–Crippen MR) is 68.7 cm³/mol. The van der Waals surface area contributed by atoms with Crippen LogP contribution in [0.25, 0.3) is 0 Å². The molecule has 6 heteroatoms. The van der Waals surface area contributed by atoms with Gasteiger partial charge < -0.3 is 0 Å². The van der Waals surface area contributed by atoms with Crippen molar-refractivity contribution in [3.63, 3.8) is 0 Å². The van der Waals surface area contributed by atoms with Gasteiger partial charge in [-0.1, -0.05) is 13.8 Å². The maximum absolute atomic E-state index is 11.5. The van der Waals surface area contributed by atoms with Crippen LogP contribution in [0.4, 0.5) is 5.82 Å². The molecule has 94 valence electrons. The molecule has 1 aromatic rings. The summed E-state index contributed by atoms with van der Waals surface area (Å²) in [5.41, 5.74) is -0.785. The summed E-state index contributed by atoms with van der Waals surface area (Å²) < 4.78 is 1.02. The molecule has 0 aliphatic heterocycles. The van der Waals surface area contributed by atoms with E-state index in [4.69, 9.17) is 0 Å². The van der Waals surface area contributed by atoms with Crippen LogP contribution in [0, 0.1) is 5.92 Å². The lowest BCUT2D eigenvalue weighted by atomic mass is 10.3. The minimum Gasteiger partial charge on any atom is -0.292 e. The summed E-state index contributed by atoms with van der Waals surface area (Å²) in [6.45, 7) is 6.48. The third-order valence-corrected chi connectivity index (χ3v) is 2.21. The lowest BCUT2D eigenvalue weighted by molar-refractivity contribution is 0.753. The molecular formula is C11H18N4O2. The minimum absolute atomic E-state index is 0.308. The van der Waals surface area contributed by atoms with Gasteiger partial charge >= 0.3 is 5.69 Å². The Morgan fingerprint density at radius 2 is 2.18 bits per heavy atom. The molecular weight excluding hydrogens is 220 g/mol. The summed E-state index contributed by atoms with van der Waals surface area (Å²) in [7, 11) is 1.43. The van der Waals surface area contributed by atoms with Gasteiger partial charge in [0.15, 0.2) is 0 Å². The molecule has 6 nitrogen and oxygen atoms in total. The summed E-state index contributed by atoms with van der Waals surface area (Å²) in [5.74, 6) is 0.722. The van der Waals surface area contributed by atoms with Crippen LogP contribution >= 0.6 is 0 Å². The molecule has 0 spiro atoms. The number of rotatable bonds is 4.